The first kappa shape index (κ1) is 17.2. The van der Waals surface area contributed by atoms with Crippen LogP contribution < -0.4 is 15.2 Å². The highest BCUT2D eigenvalue weighted by Crippen LogP contribution is 2.26. The molecular formula is C19H17BrN2O3. The van der Waals surface area contributed by atoms with Gasteiger partial charge in [-0.05, 0) is 42.8 Å². The lowest BCUT2D eigenvalue weighted by molar-refractivity contribution is -0.117. The van der Waals surface area contributed by atoms with Gasteiger partial charge >= 0.3 is 0 Å². The molecule has 0 unspecified atom stereocenters. The summed E-state index contributed by atoms with van der Waals surface area (Å²) in [5.41, 5.74) is 3.97. The number of benzene rings is 2. The number of hydrazine groups is 1. The maximum atomic E-state index is 12.7. The van der Waals surface area contributed by atoms with Crippen LogP contribution in [0.3, 0.4) is 0 Å². The quantitative estimate of drug-likeness (QED) is 0.614. The average molecular weight is 401 g/mol. The first-order valence-electron chi connectivity index (χ1n) is 7.94. The fraction of sp³-hybridized carbons (Fsp3) is 0.158. The summed E-state index contributed by atoms with van der Waals surface area (Å²) in [4.78, 5) is 24.9. The van der Waals surface area contributed by atoms with Crippen LogP contribution in [0.25, 0.3) is 6.08 Å². The van der Waals surface area contributed by atoms with Crippen molar-refractivity contribution in [3.8, 4) is 5.75 Å². The number of hydrogen-bond acceptors (Lipinski definition) is 3. The third kappa shape index (κ3) is 3.74. The number of nitrogens with zero attached hydrogens (tertiary/aromatic N) is 1. The Morgan fingerprint density at radius 2 is 1.84 bits per heavy atom. The van der Waals surface area contributed by atoms with Crippen LogP contribution in [-0.2, 0) is 9.59 Å². The Hall–Kier alpha value is -2.60. The van der Waals surface area contributed by atoms with Gasteiger partial charge in [0.2, 0.25) is 0 Å². The van der Waals surface area contributed by atoms with Crippen LogP contribution in [0.15, 0.2) is 58.6 Å². The maximum Gasteiger partial charge on any atom is 0.282 e. The third-order valence-electron chi connectivity index (χ3n) is 3.66. The first-order chi connectivity index (χ1) is 12.1. The van der Waals surface area contributed by atoms with Gasteiger partial charge in [-0.25, -0.2) is 5.01 Å². The SMILES string of the molecule is CCCOc1ccccc1C=C1C(=O)NN(c2ccc(Br)cc2)C1=O. The highest BCUT2D eigenvalue weighted by molar-refractivity contribution is 9.10. The second kappa shape index (κ2) is 7.53. The molecule has 2 aromatic rings. The summed E-state index contributed by atoms with van der Waals surface area (Å²) < 4.78 is 6.58. The molecular weight excluding hydrogens is 384 g/mol. The molecule has 0 atom stereocenters. The van der Waals surface area contributed by atoms with Crippen molar-refractivity contribution in [1.82, 2.24) is 5.43 Å². The first-order valence-corrected chi connectivity index (χ1v) is 8.74. The number of amides is 2. The third-order valence-corrected chi connectivity index (χ3v) is 4.19. The van der Waals surface area contributed by atoms with Crippen LogP contribution >= 0.6 is 15.9 Å². The number of carbonyl (C=O) groups excluding carboxylic acids is 2. The molecule has 0 bridgehead atoms. The molecule has 25 heavy (non-hydrogen) atoms. The molecule has 128 valence electrons. The number of para-hydroxylation sites is 1. The zero-order chi connectivity index (χ0) is 17.8. The van der Waals surface area contributed by atoms with Crippen molar-refractivity contribution in [3.05, 3.63) is 64.1 Å². The number of halogens is 1. The summed E-state index contributed by atoms with van der Waals surface area (Å²) in [6, 6.07) is 14.5. The molecule has 1 fully saturated rings. The second-order valence-electron chi connectivity index (χ2n) is 5.50. The van der Waals surface area contributed by atoms with Crippen LogP contribution in [-0.4, -0.2) is 18.4 Å². The minimum absolute atomic E-state index is 0.0791. The molecule has 1 saturated heterocycles. The van der Waals surface area contributed by atoms with Gasteiger partial charge in [-0.3, -0.25) is 15.0 Å². The smallest absolute Gasteiger partial charge is 0.282 e. The highest BCUT2D eigenvalue weighted by atomic mass is 79.9. The molecule has 0 spiro atoms. The normalized spacial score (nSPS) is 15.6. The van der Waals surface area contributed by atoms with E-state index in [0.717, 1.165) is 10.9 Å². The minimum Gasteiger partial charge on any atom is -0.493 e. The van der Waals surface area contributed by atoms with Crippen LogP contribution in [0.2, 0.25) is 0 Å². The lowest BCUT2D eigenvalue weighted by Gasteiger charge is -2.14. The average Bonchev–Trinajstić information content (AvgIpc) is 2.90. The Morgan fingerprint density at radius 3 is 2.56 bits per heavy atom. The summed E-state index contributed by atoms with van der Waals surface area (Å²) >= 11 is 3.35. The number of anilines is 1. The second-order valence-corrected chi connectivity index (χ2v) is 6.42. The Labute approximate surface area is 154 Å². The topological polar surface area (TPSA) is 58.6 Å². The van der Waals surface area contributed by atoms with Gasteiger partial charge < -0.3 is 4.74 Å². The molecule has 1 heterocycles. The van der Waals surface area contributed by atoms with E-state index >= 15 is 0 Å². The van der Waals surface area contributed by atoms with Crippen LogP contribution in [0.1, 0.15) is 18.9 Å². The number of hydrogen-bond donors (Lipinski definition) is 1. The summed E-state index contributed by atoms with van der Waals surface area (Å²) in [6.45, 7) is 2.59. The zero-order valence-electron chi connectivity index (χ0n) is 13.7. The summed E-state index contributed by atoms with van der Waals surface area (Å²) in [6.07, 6.45) is 2.45. The molecule has 0 radical (unpaired) electrons. The summed E-state index contributed by atoms with van der Waals surface area (Å²) in [7, 11) is 0. The van der Waals surface area contributed by atoms with Gasteiger partial charge in [-0.1, -0.05) is 41.1 Å². The molecule has 6 heteroatoms. The molecule has 0 aliphatic carbocycles. The highest BCUT2D eigenvalue weighted by Gasteiger charge is 2.34. The van der Waals surface area contributed by atoms with Crippen molar-refractivity contribution in [2.24, 2.45) is 0 Å². The number of ether oxygens (including phenoxy) is 1. The molecule has 1 aliphatic rings. The number of nitrogens with one attached hydrogen (secondary N) is 1. The molecule has 3 rings (SSSR count). The van der Waals surface area contributed by atoms with E-state index in [1.165, 1.54) is 5.01 Å². The summed E-state index contributed by atoms with van der Waals surface area (Å²) in [5.74, 6) is -0.171. The Bertz CT molecular complexity index is 831. The monoisotopic (exact) mass is 400 g/mol. The Kier molecular flexibility index (Phi) is 5.19. The van der Waals surface area contributed by atoms with Gasteiger partial charge in [-0.15, -0.1) is 0 Å². The van der Waals surface area contributed by atoms with Crippen molar-refractivity contribution in [1.29, 1.82) is 0 Å². The fourth-order valence-corrected chi connectivity index (χ4v) is 2.69. The Morgan fingerprint density at radius 1 is 1.12 bits per heavy atom. The molecule has 0 saturated carbocycles. The largest absolute Gasteiger partial charge is 0.493 e. The predicted molar refractivity (Wildman–Crippen MR) is 100.0 cm³/mol. The molecule has 2 amide bonds. The molecule has 5 nitrogen and oxygen atoms in total. The van der Waals surface area contributed by atoms with E-state index in [-0.39, 0.29) is 5.57 Å². The van der Waals surface area contributed by atoms with E-state index in [1.54, 1.807) is 18.2 Å². The van der Waals surface area contributed by atoms with Crippen molar-refractivity contribution < 1.29 is 14.3 Å². The van der Waals surface area contributed by atoms with Crippen molar-refractivity contribution in [2.75, 3.05) is 11.6 Å². The minimum atomic E-state index is -0.432. The predicted octanol–water partition coefficient (Wildman–Crippen LogP) is 3.70. The van der Waals surface area contributed by atoms with Crippen molar-refractivity contribution in [2.45, 2.75) is 13.3 Å². The van der Waals surface area contributed by atoms with Crippen molar-refractivity contribution >= 4 is 39.5 Å². The van der Waals surface area contributed by atoms with Crippen LogP contribution in [0.4, 0.5) is 5.69 Å². The number of carbonyl (C=O) groups is 2. The van der Waals surface area contributed by atoms with Gasteiger partial charge in [0, 0.05) is 10.0 Å². The number of rotatable bonds is 5. The van der Waals surface area contributed by atoms with Gasteiger partial charge in [0.1, 0.15) is 11.3 Å². The maximum absolute atomic E-state index is 12.7. The van der Waals surface area contributed by atoms with Crippen LogP contribution in [0.5, 0.6) is 5.75 Å². The van der Waals surface area contributed by atoms with Gasteiger partial charge in [-0.2, -0.15) is 0 Å². The van der Waals surface area contributed by atoms with E-state index in [9.17, 15) is 9.59 Å². The van der Waals surface area contributed by atoms with Crippen LogP contribution in [0, 0.1) is 0 Å². The van der Waals surface area contributed by atoms with E-state index in [4.69, 9.17) is 4.74 Å². The fourth-order valence-electron chi connectivity index (χ4n) is 2.43. The lowest BCUT2D eigenvalue weighted by atomic mass is 10.1. The molecule has 0 aromatic heterocycles. The molecule has 1 N–H and O–H groups in total. The molecule has 1 aliphatic heterocycles. The van der Waals surface area contributed by atoms with E-state index in [2.05, 4.69) is 21.4 Å². The summed E-state index contributed by atoms with van der Waals surface area (Å²) in [5, 5.41) is 1.25. The van der Waals surface area contributed by atoms with E-state index in [1.807, 2.05) is 43.3 Å². The lowest BCUT2D eigenvalue weighted by Crippen LogP contribution is -2.35. The van der Waals surface area contributed by atoms with E-state index < -0.39 is 11.8 Å². The Balaban J connectivity index is 1.90. The van der Waals surface area contributed by atoms with Crippen molar-refractivity contribution in [3.63, 3.8) is 0 Å². The zero-order valence-corrected chi connectivity index (χ0v) is 15.2. The standard InChI is InChI=1S/C19H17BrN2O3/c1-2-11-25-17-6-4-3-5-13(17)12-16-18(23)21-22(19(16)24)15-9-7-14(20)8-10-15/h3-10,12H,2,11H2,1H3,(H,21,23). The van der Waals surface area contributed by atoms with Gasteiger partial charge in [0.05, 0.1) is 12.3 Å². The van der Waals surface area contributed by atoms with E-state index in [0.29, 0.717) is 23.6 Å². The van der Waals surface area contributed by atoms with Gasteiger partial charge in [0.25, 0.3) is 11.8 Å². The molecule has 2 aromatic carbocycles. The van der Waals surface area contributed by atoms with Gasteiger partial charge in [0.15, 0.2) is 0 Å².